The lowest BCUT2D eigenvalue weighted by molar-refractivity contribution is -0.138. The number of alkyl carbamates (subject to hydrolysis) is 1. The largest absolute Gasteiger partial charge is 0.480 e. The molecule has 1 atom stereocenters. The number of nitrogens with one attached hydrogen (secondary N) is 1. The summed E-state index contributed by atoms with van der Waals surface area (Å²) in [4.78, 5) is 22.8. The van der Waals surface area contributed by atoms with Gasteiger partial charge in [-0.05, 0) is 33.6 Å². The zero-order valence-corrected chi connectivity index (χ0v) is 13.3. The third-order valence-corrected chi connectivity index (χ3v) is 4.51. The first kappa shape index (κ1) is 17.1. The summed E-state index contributed by atoms with van der Waals surface area (Å²) in [6.07, 6.45) is 5.32. The maximum Gasteiger partial charge on any atom is 0.408 e. The van der Waals surface area contributed by atoms with Gasteiger partial charge in [0, 0.05) is 11.0 Å². The Morgan fingerprint density at radius 2 is 1.90 bits per heavy atom. The fraction of sp³-hybridized carbons (Fsp3) is 0.857. The number of carboxylic acid groups (broad SMARTS) is 1. The van der Waals surface area contributed by atoms with Crippen molar-refractivity contribution in [2.24, 2.45) is 0 Å². The molecule has 1 rings (SSSR count). The highest BCUT2D eigenvalue weighted by molar-refractivity contribution is 7.99. The average molecular weight is 303 g/mol. The Morgan fingerprint density at radius 3 is 2.40 bits per heavy atom. The summed E-state index contributed by atoms with van der Waals surface area (Å²) in [6, 6.07) is -0.892. The monoisotopic (exact) mass is 303 g/mol. The summed E-state index contributed by atoms with van der Waals surface area (Å²) in [6.45, 7) is 5.25. The van der Waals surface area contributed by atoms with E-state index in [1.165, 1.54) is 19.3 Å². The summed E-state index contributed by atoms with van der Waals surface area (Å²) >= 11 is 1.64. The number of rotatable bonds is 5. The lowest BCUT2D eigenvalue weighted by atomic mass is 10.0. The van der Waals surface area contributed by atoms with E-state index in [1.807, 2.05) is 0 Å². The van der Waals surface area contributed by atoms with Crippen molar-refractivity contribution < 1.29 is 19.4 Å². The van der Waals surface area contributed by atoms with Gasteiger partial charge >= 0.3 is 12.1 Å². The van der Waals surface area contributed by atoms with E-state index < -0.39 is 23.7 Å². The minimum atomic E-state index is -1.01. The second kappa shape index (κ2) is 7.76. The van der Waals surface area contributed by atoms with Crippen molar-refractivity contribution in [2.45, 2.75) is 69.8 Å². The van der Waals surface area contributed by atoms with Crippen molar-refractivity contribution in [3.05, 3.63) is 0 Å². The second-order valence-corrected chi connectivity index (χ2v) is 7.46. The molecule has 1 aliphatic rings. The number of thioether (sulfide) groups is 1. The average Bonchev–Trinajstić information content (AvgIpc) is 2.33. The van der Waals surface area contributed by atoms with Gasteiger partial charge in [-0.15, -0.1) is 0 Å². The molecule has 0 saturated heterocycles. The number of hydrogen-bond acceptors (Lipinski definition) is 4. The van der Waals surface area contributed by atoms with Crippen molar-refractivity contribution in [2.75, 3.05) is 5.75 Å². The molecule has 1 saturated carbocycles. The van der Waals surface area contributed by atoms with Crippen molar-refractivity contribution >= 4 is 23.8 Å². The van der Waals surface area contributed by atoms with E-state index in [2.05, 4.69) is 5.32 Å². The molecular weight excluding hydrogens is 278 g/mol. The van der Waals surface area contributed by atoms with Gasteiger partial charge in [-0.25, -0.2) is 9.59 Å². The highest BCUT2D eigenvalue weighted by Crippen LogP contribution is 2.28. The molecule has 1 amide bonds. The molecule has 2 N–H and O–H groups in total. The topological polar surface area (TPSA) is 75.6 Å². The van der Waals surface area contributed by atoms with E-state index in [1.54, 1.807) is 32.5 Å². The molecule has 20 heavy (non-hydrogen) atoms. The Balaban J connectivity index is 2.39. The van der Waals surface area contributed by atoms with Crippen LogP contribution in [0.2, 0.25) is 0 Å². The van der Waals surface area contributed by atoms with E-state index >= 15 is 0 Å². The van der Waals surface area contributed by atoms with Crippen LogP contribution in [0.25, 0.3) is 0 Å². The van der Waals surface area contributed by atoms with E-state index in [0.29, 0.717) is 11.0 Å². The van der Waals surface area contributed by atoms with Gasteiger partial charge in [0.25, 0.3) is 0 Å². The number of carbonyl (C=O) groups excluding carboxylic acids is 1. The third kappa shape index (κ3) is 7.03. The van der Waals surface area contributed by atoms with Crippen molar-refractivity contribution in [1.29, 1.82) is 0 Å². The van der Waals surface area contributed by atoms with Crippen LogP contribution in [0.15, 0.2) is 0 Å². The molecule has 0 spiro atoms. The zero-order chi connectivity index (χ0) is 15.2. The normalized spacial score (nSPS) is 18.4. The van der Waals surface area contributed by atoms with E-state index in [9.17, 15) is 9.59 Å². The summed E-state index contributed by atoms with van der Waals surface area (Å²) in [5.41, 5.74) is -0.621. The quantitative estimate of drug-likeness (QED) is 0.816. The molecule has 0 aromatic rings. The van der Waals surface area contributed by atoms with Gasteiger partial charge in [-0.3, -0.25) is 0 Å². The molecule has 116 valence electrons. The van der Waals surface area contributed by atoms with Crippen LogP contribution in [0.5, 0.6) is 0 Å². The molecule has 0 aromatic carbocycles. The van der Waals surface area contributed by atoms with E-state index in [-0.39, 0.29) is 0 Å². The summed E-state index contributed by atoms with van der Waals surface area (Å²) < 4.78 is 5.09. The van der Waals surface area contributed by atoms with Crippen LogP contribution in [0.1, 0.15) is 52.9 Å². The standard InChI is InChI=1S/C14H25NO4S/c1-14(2,3)19-13(18)15-11(12(16)17)9-20-10-7-5-4-6-8-10/h10-11H,4-9H2,1-3H3,(H,15,18)(H,16,17). The fourth-order valence-electron chi connectivity index (χ4n) is 2.09. The van der Waals surface area contributed by atoms with Crippen LogP contribution >= 0.6 is 11.8 Å². The van der Waals surface area contributed by atoms with Gasteiger partial charge in [0.05, 0.1) is 0 Å². The minimum Gasteiger partial charge on any atom is -0.480 e. The molecule has 0 heterocycles. The molecule has 1 fully saturated rings. The van der Waals surface area contributed by atoms with Crippen LogP contribution < -0.4 is 5.32 Å². The maximum absolute atomic E-state index is 11.6. The first-order valence-corrected chi connectivity index (χ1v) is 8.17. The van der Waals surface area contributed by atoms with Crippen LogP contribution in [-0.4, -0.2) is 39.8 Å². The molecular formula is C14H25NO4S. The predicted molar refractivity (Wildman–Crippen MR) is 80.1 cm³/mol. The molecule has 1 unspecified atom stereocenters. The fourth-order valence-corrected chi connectivity index (χ4v) is 3.45. The molecule has 0 aromatic heterocycles. The van der Waals surface area contributed by atoms with Crippen molar-refractivity contribution in [3.63, 3.8) is 0 Å². The molecule has 5 nitrogen and oxygen atoms in total. The Morgan fingerprint density at radius 1 is 1.30 bits per heavy atom. The number of carbonyl (C=O) groups is 2. The van der Waals surface area contributed by atoms with Gasteiger partial charge < -0.3 is 15.2 Å². The Bertz CT molecular complexity index is 335. The molecule has 0 radical (unpaired) electrons. The highest BCUT2D eigenvalue weighted by Gasteiger charge is 2.25. The van der Waals surface area contributed by atoms with Gasteiger partial charge in [-0.2, -0.15) is 11.8 Å². The second-order valence-electron chi connectivity index (χ2n) is 6.13. The van der Waals surface area contributed by atoms with Gasteiger partial charge in [0.2, 0.25) is 0 Å². The van der Waals surface area contributed by atoms with E-state index in [0.717, 1.165) is 12.8 Å². The lowest BCUT2D eigenvalue weighted by Crippen LogP contribution is -2.45. The van der Waals surface area contributed by atoms with Gasteiger partial charge in [-0.1, -0.05) is 19.3 Å². The van der Waals surface area contributed by atoms with Crippen LogP contribution in [0.3, 0.4) is 0 Å². The predicted octanol–water partition coefficient (Wildman–Crippen LogP) is 3.03. The first-order valence-electron chi connectivity index (χ1n) is 7.12. The summed E-state index contributed by atoms with van der Waals surface area (Å²) in [5, 5.41) is 12.1. The number of aliphatic carboxylic acids is 1. The number of carboxylic acids is 1. The maximum atomic E-state index is 11.6. The Hall–Kier alpha value is -0.910. The number of hydrogen-bond donors (Lipinski definition) is 2. The summed E-state index contributed by atoms with van der Waals surface area (Å²) in [7, 11) is 0. The van der Waals surface area contributed by atoms with Crippen LogP contribution in [0.4, 0.5) is 4.79 Å². The highest BCUT2D eigenvalue weighted by atomic mass is 32.2. The molecule has 0 aliphatic heterocycles. The van der Waals surface area contributed by atoms with Crippen LogP contribution in [-0.2, 0) is 9.53 Å². The smallest absolute Gasteiger partial charge is 0.408 e. The van der Waals surface area contributed by atoms with E-state index in [4.69, 9.17) is 9.84 Å². The lowest BCUT2D eigenvalue weighted by Gasteiger charge is -2.24. The Kier molecular flexibility index (Phi) is 6.65. The SMILES string of the molecule is CC(C)(C)OC(=O)NC(CSC1CCCCC1)C(=O)O. The molecule has 6 heteroatoms. The zero-order valence-electron chi connectivity index (χ0n) is 12.5. The van der Waals surface area contributed by atoms with Crippen molar-refractivity contribution in [1.82, 2.24) is 5.32 Å². The van der Waals surface area contributed by atoms with Gasteiger partial charge in [0.1, 0.15) is 11.6 Å². The first-order chi connectivity index (χ1) is 9.28. The van der Waals surface area contributed by atoms with Crippen molar-refractivity contribution in [3.8, 4) is 0 Å². The molecule has 1 aliphatic carbocycles. The number of ether oxygens (including phenoxy) is 1. The van der Waals surface area contributed by atoms with Crippen LogP contribution in [0, 0.1) is 0 Å². The summed E-state index contributed by atoms with van der Waals surface area (Å²) in [5.74, 6) is -0.627. The Labute approximate surface area is 124 Å². The minimum absolute atomic E-state index is 0.388. The third-order valence-electron chi connectivity index (χ3n) is 3.04. The molecule has 0 bridgehead atoms. The van der Waals surface area contributed by atoms with Gasteiger partial charge in [0.15, 0.2) is 0 Å². The number of amides is 1.